The minimum absolute atomic E-state index is 0.245. The van der Waals surface area contributed by atoms with Gasteiger partial charge in [-0.2, -0.15) is 0 Å². The highest BCUT2D eigenvalue weighted by atomic mass is 16.5. The fraction of sp³-hybridized carbons (Fsp3) is 0.263. The van der Waals surface area contributed by atoms with Crippen LogP contribution in [0, 0.1) is 5.92 Å². The van der Waals surface area contributed by atoms with Crippen molar-refractivity contribution in [2.24, 2.45) is 10.9 Å². The first-order chi connectivity index (χ1) is 11.1. The Morgan fingerprint density at radius 1 is 1.13 bits per heavy atom. The summed E-state index contributed by atoms with van der Waals surface area (Å²) in [6, 6.07) is 15.2. The summed E-state index contributed by atoms with van der Waals surface area (Å²) in [5.74, 6) is 0.719. The van der Waals surface area contributed by atoms with Gasteiger partial charge in [0.15, 0.2) is 0 Å². The molecule has 23 heavy (non-hydrogen) atoms. The van der Waals surface area contributed by atoms with Gasteiger partial charge < -0.3 is 9.47 Å². The van der Waals surface area contributed by atoms with E-state index in [1.54, 1.807) is 19.2 Å². The lowest BCUT2D eigenvalue weighted by Crippen LogP contribution is -2.03. The number of aliphatic imine (C=N–C) groups is 1. The molecule has 0 radical (unpaired) electrons. The first kappa shape index (κ1) is 16.7. The van der Waals surface area contributed by atoms with Crippen LogP contribution >= 0.6 is 0 Å². The van der Waals surface area contributed by atoms with Gasteiger partial charge in [-0.05, 0) is 42.2 Å². The lowest BCUT2D eigenvalue weighted by atomic mass is 10.0. The van der Waals surface area contributed by atoms with E-state index < -0.39 is 0 Å². The highest BCUT2D eigenvalue weighted by Crippen LogP contribution is 2.20. The van der Waals surface area contributed by atoms with Gasteiger partial charge in [0.05, 0.1) is 25.5 Å². The van der Waals surface area contributed by atoms with Gasteiger partial charge in [0.25, 0.3) is 0 Å². The molecule has 2 aromatic carbocycles. The summed E-state index contributed by atoms with van der Waals surface area (Å²) >= 11 is 0. The van der Waals surface area contributed by atoms with Crippen molar-refractivity contribution in [2.45, 2.75) is 13.3 Å². The molecular formula is C19H21NO3. The lowest BCUT2D eigenvalue weighted by molar-refractivity contribution is 0.0601. The average molecular weight is 311 g/mol. The number of hydrogen-bond donors (Lipinski definition) is 0. The van der Waals surface area contributed by atoms with Gasteiger partial charge in [0.1, 0.15) is 5.75 Å². The summed E-state index contributed by atoms with van der Waals surface area (Å²) in [5, 5.41) is 0. The fourth-order valence-corrected chi connectivity index (χ4v) is 2.26. The molecule has 120 valence electrons. The second kappa shape index (κ2) is 8.13. The van der Waals surface area contributed by atoms with E-state index in [4.69, 9.17) is 9.47 Å². The molecule has 1 atom stereocenters. The van der Waals surface area contributed by atoms with Gasteiger partial charge >= 0.3 is 5.97 Å². The number of benzene rings is 2. The van der Waals surface area contributed by atoms with Crippen LogP contribution in [0.15, 0.2) is 53.5 Å². The van der Waals surface area contributed by atoms with Gasteiger partial charge in [0.2, 0.25) is 0 Å². The van der Waals surface area contributed by atoms with Gasteiger partial charge in [-0.15, -0.1) is 0 Å². The van der Waals surface area contributed by atoms with Crippen molar-refractivity contribution in [3.8, 4) is 5.75 Å². The summed E-state index contributed by atoms with van der Waals surface area (Å²) in [4.78, 5) is 16.2. The van der Waals surface area contributed by atoms with Crippen LogP contribution in [0.5, 0.6) is 5.75 Å². The Hall–Kier alpha value is -2.62. The van der Waals surface area contributed by atoms with E-state index in [0.717, 1.165) is 12.2 Å². The van der Waals surface area contributed by atoms with Crippen molar-refractivity contribution in [3.05, 3.63) is 59.7 Å². The molecule has 0 aliphatic rings. The Balaban J connectivity index is 2.06. The summed E-state index contributed by atoms with van der Waals surface area (Å²) < 4.78 is 9.93. The van der Waals surface area contributed by atoms with Crippen LogP contribution in [0.2, 0.25) is 0 Å². The van der Waals surface area contributed by atoms with Crippen molar-refractivity contribution < 1.29 is 14.3 Å². The molecule has 0 saturated heterocycles. The predicted molar refractivity (Wildman–Crippen MR) is 91.8 cm³/mol. The SMILES string of the molecule is COC(=O)c1ccccc1N=C[C@@H](C)Cc1ccc(OC)cc1. The second-order valence-electron chi connectivity index (χ2n) is 5.32. The van der Waals surface area contributed by atoms with Gasteiger partial charge in [-0.25, -0.2) is 4.79 Å². The number of esters is 1. The molecule has 0 aliphatic heterocycles. The third-order valence-electron chi connectivity index (χ3n) is 3.49. The second-order valence-corrected chi connectivity index (χ2v) is 5.32. The predicted octanol–water partition coefficient (Wildman–Crippen LogP) is 4.06. The van der Waals surface area contributed by atoms with Crippen LogP contribution in [-0.4, -0.2) is 26.4 Å². The van der Waals surface area contributed by atoms with Crippen LogP contribution in [-0.2, 0) is 11.2 Å². The Morgan fingerprint density at radius 2 is 1.83 bits per heavy atom. The molecule has 0 spiro atoms. The van der Waals surface area contributed by atoms with E-state index in [2.05, 4.69) is 11.9 Å². The molecule has 2 rings (SSSR count). The Kier molecular flexibility index (Phi) is 5.92. The van der Waals surface area contributed by atoms with Crippen molar-refractivity contribution in [1.82, 2.24) is 0 Å². The molecular weight excluding hydrogens is 290 g/mol. The number of carbonyl (C=O) groups is 1. The quantitative estimate of drug-likeness (QED) is 0.597. The zero-order valence-electron chi connectivity index (χ0n) is 13.7. The van der Waals surface area contributed by atoms with Crippen molar-refractivity contribution in [2.75, 3.05) is 14.2 Å². The molecule has 0 aromatic heterocycles. The molecule has 0 amide bonds. The van der Waals surface area contributed by atoms with E-state index in [9.17, 15) is 4.79 Å². The normalized spacial score (nSPS) is 12.1. The molecule has 0 fully saturated rings. The minimum atomic E-state index is -0.374. The van der Waals surface area contributed by atoms with Gasteiger partial charge in [-0.1, -0.05) is 31.2 Å². The molecule has 0 heterocycles. The van der Waals surface area contributed by atoms with Gasteiger partial charge in [0, 0.05) is 6.21 Å². The molecule has 4 nitrogen and oxygen atoms in total. The van der Waals surface area contributed by atoms with E-state index >= 15 is 0 Å². The highest BCUT2D eigenvalue weighted by molar-refractivity contribution is 5.95. The highest BCUT2D eigenvalue weighted by Gasteiger charge is 2.10. The molecule has 0 unspecified atom stereocenters. The maximum Gasteiger partial charge on any atom is 0.340 e. The lowest BCUT2D eigenvalue weighted by Gasteiger charge is -2.08. The zero-order chi connectivity index (χ0) is 16.7. The van der Waals surface area contributed by atoms with Crippen molar-refractivity contribution >= 4 is 17.9 Å². The molecule has 0 bridgehead atoms. The van der Waals surface area contributed by atoms with Crippen LogP contribution in [0.25, 0.3) is 0 Å². The van der Waals surface area contributed by atoms with E-state index in [1.807, 2.05) is 42.6 Å². The van der Waals surface area contributed by atoms with Crippen LogP contribution < -0.4 is 4.74 Å². The van der Waals surface area contributed by atoms with Crippen molar-refractivity contribution in [1.29, 1.82) is 0 Å². The molecule has 0 saturated carbocycles. The van der Waals surface area contributed by atoms with E-state index in [-0.39, 0.29) is 11.9 Å². The average Bonchev–Trinajstić information content (AvgIpc) is 2.60. The Morgan fingerprint density at radius 3 is 2.48 bits per heavy atom. The Bertz CT molecular complexity index is 677. The molecule has 0 N–H and O–H groups in total. The van der Waals surface area contributed by atoms with Crippen molar-refractivity contribution in [3.63, 3.8) is 0 Å². The molecule has 2 aromatic rings. The topological polar surface area (TPSA) is 47.9 Å². The minimum Gasteiger partial charge on any atom is -0.497 e. The fourth-order valence-electron chi connectivity index (χ4n) is 2.26. The number of carbonyl (C=O) groups excluding carboxylic acids is 1. The third kappa shape index (κ3) is 4.68. The van der Waals surface area contributed by atoms with Crippen LogP contribution in [0.1, 0.15) is 22.8 Å². The summed E-state index contributed by atoms with van der Waals surface area (Å²) in [6.45, 7) is 2.09. The number of para-hydroxylation sites is 1. The number of hydrogen-bond acceptors (Lipinski definition) is 4. The first-order valence-electron chi connectivity index (χ1n) is 7.48. The van der Waals surface area contributed by atoms with E-state index in [1.165, 1.54) is 12.7 Å². The maximum absolute atomic E-state index is 11.7. The van der Waals surface area contributed by atoms with Crippen LogP contribution in [0.4, 0.5) is 5.69 Å². The van der Waals surface area contributed by atoms with Gasteiger partial charge in [-0.3, -0.25) is 4.99 Å². The number of rotatable bonds is 6. The standard InChI is InChI=1S/C19H21NO3/c1-14(12-15-8-10-16(22-2)11-9-15)13-20-18-7-5-4-6-17(18)19(21)23-3/h4-11,13-14H,12H2,1-3H3/t14-/m0/s1. The monoisotopic (exact) mass is 311 g/mol. The zero-order valence-corrected chi connectivity index (χ0v) is 13.7. The summed E-state index contributed by atoms with van der Waals surface area (Å²) in [7, 11) is 3.03. The third-order valence-corrected chi connectivity index (χ3v) is 3.49. The number of nitrogens with zero attached hydrogens (tertiary/aromatic N) is 1. The largest absolute Gasteiger partial charge is 0.497 e. The smallest absolute Gasteiger partial charge is 0.340 e. The Labute approximate surface area is 136 Å². The van der Waals surface area contributed by atoms with Crippen LogP contribution in [0.3, 0.4) is 0 Å². The molecule has 4 heteroatoms. The summed E-state index contributed by atoms with van der Waals surface area (Å²) in [5.41, 5.74) is 2.31. The number of ether oxygens (including phenoxy) is 2. The maximum atomic E-state index is 11.7. The molecule has 0 aliphatic carbocycles. The first-order valence-corrected chi connectivity index (χ1v) is 7.48. The number of methoxy groups -OCH3 is 2. The summed E-state index contributed by atoms with van der Waals surface area (Å²) in [6.07, 6.45) is 2.74. The van der Waals surface area contributed by atoms with E-state index in [0.29, 0.717) is 11.3 Å².